The van der Waals surface area contributed by atoms with Crippen LogP contribution in [0.2, 0.25) is 0 Å². The summed E-state index contributed by atoms with van der Waals surface area (Å²) in [5.41, 5.74) is 1.16. The number of rotatable bonds is 14. The van der Waals surface area contributed by atoms with Gasteiger partial charge in [0.25, 0.3) is 0 Å². The van der Waals surface area contributed by atoms with Gasteiger partial charge in [0.05, 0.1) is 19.3 Å². The van der Waals surface area contributed by atoms with Crippen molar-refractivity contribution in [1.29, 1.82) is 0 Å². The van der Waals surface area contributed by atoms with Gasteiger partial charge in [0.1, 0.15) is 12.4 Å². The second-order valence-corrected chi connectivity index (χ2v) is 7.35. The predicted octanol–water partition coefficient (Wildman–Crippen LogP) is 3.28. The summed E-state index contributed by atoms with van der Waals surface area (Å²) in [5, 5.41) is 6.67. The maximum Gasteiger partial charge on any atom is 0.191 e. The first-order chi connectivity index (χ1) is 14.7. The summed E-state index contributed by atoms with van der Waals surface area (Å²) < 4.78 is 17.0. The molecule has 0 bridgehead atoms. The van der Waals surface area contributed by atoms with Gasteiger partial charge in [-0.3, -0.25) is 0 Å². The lowest BCUT2D eigenvalue weighted by Crippen LogP contribution is -2.38. The maximum absolute atomic E-state index is 5.85. The molecule has 1 unspecified atom stereocenters. The summed E-state index contributed by atoms with van der Waals surface area (Å²) in [6, 6.07) is 8.21. The van der Waals surface area contributed by atoms with Crippen molar-refractivity contribution in [3.8, 4) is 5.75 Å². The lowest BCUT2D eigenvalue weighted by Gasteiger charge is -2.18. The topological polar surface area (TPSA) is 67.4 Å². The Morgan fingerprint density at radius 3 is 2.55 bits per heavy atom. The molecule has 1 saturated heterocycles. The van der Waals surface area contributed by atoms with Crippen LogP contribution in [0, 0.1) is 0 Å². The molecule has 1 heterocycles. The van der Waals surface area contributed by atoms with Gasteiger partial charge in [-0.2, -0.15) is 0 Å². The summed E-state index contributed by atoms with van der Waals surface area (Å²) in [4.78, 5) is 7.04. The van der Waals surface area contributed by atoms with Crippen molar-refractivity contribution in [2.75, 3.05) is 59.2 Å². The van der Waals surface area contributed by atoms with Crippen molar-refractivity contribution < 1.29 is 14.2 Å². The Morgan fingerprint density at radius 1 is 1.13 bits per heavy atom. The van der Waals surface area contributed by atoms with Crippen LogP contribution in [-0.4, -0.2) is 76.1 Å². The molecule has 0 spiro atoms. The van der Waals surface area contributed by atoms with Crippen LogP contribution in [0.5, 0.6) is 5.75 Å². The zero-order valence-corrected chi connectivity index (χ0v) is 21.7. The molecule has 0 radical (unpaired) electrons. The molecular formula is C23H41IN4O3. The summed E-state index contributed by atoms with van der Waals surface area (Å²) in [7, 11) is 0. The lowest BCUT2D eigenvalue weighted by atomic mass is 10.2. The molecule has 0 saturated carbocycles. The van der Waals surface area contributed by atoms with Crippen LogP contribution in [0.15, 0.2) is 29.3 Å². The molecule has 1 aliphatic rings. The highest BCUT2D eigenvalue weighted by Crippen LogP contribution is 2.13. The van der Waals surface area contributed by atoms with E-state index in [1.807, 2.05) is 12.1 Å². The largest absolute Gasteiger partial charge is 0.492 e. The number of benzene rings is 1. The van der Waals surface area contributed by atoms with Crippen molar-refractivity contribution in [2.45, 2.75) is 46.3 Å². The van der Waals surface area contributed by atoms with Gasteiger partial charge < -0.3 is 29.7 Å². The van der Waals surface area contributed by atoms with Crippen molar-refractivity contribution in [2.24, 2.45) is 4.99 Å². The van der Waals surface area contributed by atoms with Gasteiger partial charge in [0.2, 0.25) is 0 Å². The first-order valence-electron chi connectivity index (χ1n) is 11.4. The molecule has 0 amide bonds. The molecule has 1 aromatic carbocycles. The van der Waals surface area contributed by atoms with Crippen LogP contribution >= 0.6 is 24.0 Å². The van der Waals surface area contributed by atoms with Crippen molar-refractivity contribution in [3.05, 3.63) is 29.8 Å². The van der Waals surface area contributed by atoms with Gasteiger partial charge in [0, 0.05) is 32.8 Å². The van der Waals surface area contributed by atoms with E-state index in [9.17, 15) is 0 Å². The number of likely N-dealkylation sites (N-methyl/N-ethyl adjacent to an activating group) is 1. The molecule has 1 aliphatic heterocycles. The minimum absolute atomic E-state index is 0. The highest BCUT2D eigenvalue weighted by Gasteiger charge is 2.15. The van der Waals surface area contributed by atoms with Crippen molar-refractivity contribution >= 4 is 29.9 Å². The molecule has 31 heavy (non-hydrogen) atoms. The van der Waals surface area contributed by atoms with E-state index in [0.29, 0.717) is 13.2 Å². The van der Waals surface area contributed by atoms with Crippen molar-refractivity contribution in [1.82, 2.24) is 15.5 Å². The van der Waals surface area contributed by atoms with Gasteiger partial charge in [-0.05, 0) is 50.6 Å². The third-order valence-corrected chi connectivity index (χ3v) is 5.11. The molecule has 0 aromatic heterocycles. The zero-order chi connectivity index (χ0) is 21.4. The number of ether oxygens (including phenoxy) is 3. The number of aliphatic imine (C=N–C) groups is 1. The minimum Gasteiger partial charge on any atom is -0.492 e. The predicted molar refractivity (Wildman–Crippen MR) is 138 cm³/mol. The summed E-state index contributed by atoms with van der Waals surface area (Å²) >= 11 is 0. The Bertz CT molecular complexity index is 591. The summed E-state index contributed by atoms with van der Waals surface area (Å²) in [6.07, 6.45) is 2.23. The van der Waals surface area contributed by atoms with Gasteiger partial charge in [0.15, 0.2) is 5.96 Å². The molecule has 2 rings (SSSR count). The smallest absolute Gasteiger partial charge is 0.191 e. The molecular weight excluding hydrogens is 507 g/mol. The fourth-order valence-corrected chi connectivity index (χ4v) is 3.21. The van der Waals surface area contributed by atoms with Crippen LogP contribution < -0.4 is 15.4 Å². The molecule has 178 valence electrons. The average Bonchev–Trinajstić information content (AvgIpc) is 3.29. The monoisotopic (exact) mass is 548 g/mol. The lowest BCUT2D eigenvalue weighted by molar-refractivity contribution is 0.0420. The number of guanidine groups is 1. The first-order valence-corrected chi connectivity index (χ1v) is 11.4. The van der Waals surface area contributed by atoms with Gasteiger partial charge in [-0.25, -0.2) is 4.99 Å². The molecule has 0 aliphatic carbocycles. The molecule has 1 aromatic rings. The molecule has 1 fully saturated rings. The van der Waals surface area contributed by atoms with Crippen LogP contribution in [0.4, 0.5) is 0 Å². The second-order valence-electron chi connectivity index (χ2n) is 7.35. The van der Waals surface area contributed by atoms with Crippen molar-refractivity contribution in [3.63, 3.8) is 0 Å². The van der Waals surface area contributed by atoms with E-state index in [1.54, 1.807) is 0 Å². The van der Waals surface area contributed by atoms with Gasteiger partial charge in [-0.15, -0.1) is 24.0 Å². The number of hydrogen-bond acceptors (Lipinski definition) is 5. The van der Waals surface area contributed by atoms with Crippen LogP contribution in [0.1, 0.15) is 39.2 Å². The SMILES string of the molecule is CCNC(=NCc1ccc(OCCN(CC)CC)cc1)NCCCOC1CCOC1.I. The molecule has 2 N–H and O–H groups in total. The maximum atomic E-state index is 5.85. The highest BCUT2D eigenvalue weighted by molar-refractivity contribution is 14.0. The Balaban J connectivity index is 0.00000480. The van der Waals surface area contributed by atoms with E-state index in [4.69, 9.17) is 14.2 Å². The van der Waals surface area contributed by atoms with E-state index < -0.39 is 0 Å². The van der Waals surface area contributed by atoms with Crippen LogP contribution in [-0.2, 0) is 16.0 Å². The fraction of sp³-hybridized carbons (Fsp3) is 0.696. The Hall–Kier alpha value is -1.10. The first kappa shape index (κ1) is 27.9. The number of nitrogens with zero attached hydrogens (tertiary/aromatic N) is 2. The van der Waals surface area contributed by atoms with E-state index >= 15 is 0 Å². The standard InChI is InChI=1S/C23H40N4O3.HI/c1-4-24-23(25-13-7-15-29-22-12-16-28-19-22)26-18-20-8-10-21(11-9-20)30-17-14-27(5-2)6-3;/h8-11,22H,4-7,12-19H2,1-3H3,(H2,24,25,26);1H. The normalized spacial score (nSPS) is 16.3. The highest BCUT2D eigenvalue weighted by atomic mass is 127. The summed E-state index contributed by atoms with van der Waals surface area (Å²) in [6.45, 7) is 14.8. The molecule has 8 heteroatoms. The third kappa shape index (κ3) is 11.9. The third-order valence-electron chi connectivity index (χ3n) is 5.11. The van der Waals surface area contributed by atoms with Gasteiger partial charge >= 0.3 is 0 Å². The minimum atomic E-state index is 0. The fourth-order valence-electron chi connectivity index (χ4n) is 3.21. The Labute approximate surface area is 205 Å². The average molecular weight is 549 g/mol. The van der Waals surface area contributed by atoms with E-state index in [2.05, 4.69) is 53.4 Å². The number of nitrogens with one attached hydrogen (secondary N) is 2. The second kappa shape index (κ2) is 17.5. The van der Waals surface area contributed by atoms with Gasteiger partial charge in [-0.1, -0.05) is 26.0 Å². The summed E-state index contributed by atoms with van der Waals surface area (Å²) in [5.74, 6) is 1.74. The Morgan fingerprint density at radius 2 is 1.90 bits per heavy atom. The molecule has 1 atom stereocenters. The molecule has 7 nitrogen and oxygen atoms in total. The van der Waals surface area contributed by atoms with Crippen LogP contribution in [0.25, 0.3) is 0 Å². The Kier molecular flexibility index (Phi) is 15.7. The van der Waals surface area contributed by atoms with Crippen LogP contribution in [0.3, 0.4) is 0 Å². The van der Waals surface area contributed by atoms with E-state index in [0.717, 1.165) is 82.7 Å². The number of halogens is 1. The zero-order valence-electron chi connectivity index (χ0n) is 19.4. The van der Waals surface area contributed by atoms with E-state index in [-0.39, 0.29) is 30.1 Å². The number of hydrogen-bond donors (Lipinski definition) is 2. The van der Waals surface area contributed by atoms with E-state index in [1.165, 1.54) is 0 Å². The quantitative estimate of drug-likeness (QED) is 0.161.